The zero-order valence-electron chi connectivity index (χ0n) is 9.36. The maximum absolute atomic E-state index is 5.67. The monoisotopic (exact) mass is 214 g/mol. The van der Waals surface area contributed by atoms with Gasteiger partial charge in [0, 0.05) is 25.7 Å². The van der Waals surface area contributed by atoms with Gasteiger partial charge in [-0.1, -0.05) is 0 Å². The summed E-state index contributed by atoms with van der Waals surface area (Å²) in [7, 11) is 0. The molecule has 2 fully saturated rings. The SMILES string of the molecule is NCCC1COCCN1CC1CCCO1. The first-order chi connectivity index (χ1) is 7.40. The van der Waals surface area contributed by atoms with E-state index in [0.717, 1.165) is 45.9 Å². The van der Waals surface area contributed by atoms with Crippen molar-refractivity contribution in [1.82, 2.24) is 4.90 Å². The summed E-state index contributed by atoms with van der Waals surface area (Å²) in [6, 6.07) is 0.507. The third-order valence-corrected chi connectivity index (χ3v) is 3.31. The minimum Gasteiger partial charge on any atom is -0.378 e. The van der Waals surface area contributed by atoms with Crippen molar-refractivity contribution in [2.24, 2.45) is 5.73 Å². The second-order valence-electron chi connectivity index (χ2n) is 4.44. The van der Waals surface area contributed by atoms with Crippen LogP contribution in [0.5, 0.6) is 0 Å². The van der Waals surface area contributed by atoms with Crippen LogP contribution in [0.3, 0.4) is 0 Å². The van der Waals surface area contributed by atoms with Gasteiger partial charge in [-0.2, -0.15) is 0 Å². The maximum atomic E-state index is 5.67. The first-order valence-electron chi connectivity index (χ1n) is 6.03. The molecule has 4 nitrogen and oxygen atoms in total. The highest BCUT2D eigenvalue weighted by Gasteiger charge is 2.26. The highest BCUT2D eigenvalue weighted by Crippen LogP contribution is 2.17. The molecule has 0 radical (unpaired) electrons. The molecule has 0 aromatic rings. The normalized spacial score (nSPS) is 33.4. The molecule has 2 rings (SSSR count). The summed E-state index contributed by atoms with van der Waals surface area (Å²) in [4.78, 5) is 2.49. The first kappa shape index (κ1) is 11.3. The summed E-state index contributed by atoms with van der Waals surface area (Å²) < 4.78 is 11.2. The van der Waals surface area contributed by atoms with Gasteiger partial charge >= 0.3 is 0 Å². The zero-order chi connectivity index (χ0) is 10.5. The lowest BCUT2D eigenvalue weighted by molar-refractivity contribution is -0.0321. The van der Waals surface area contributed by atoms with Crippen LogP contribution in [0.1, 0.15) is 19.3 Å². The quantitative estimate of drug-likeness (QED) is 0.727. The van der Waals surface area contributed by atoms with Crippen molar-refractivity contribution in [3.8, 4) is 0 Å². The van der Waals surface area contributed by atoms with Gasteiger partial charge in [0.05, 0.1) is 19.3 Å². The van der Waals surface area contributed by atoms with Gasteiger partial charge in [0.1, 0.15) is 0 Å². The van der Waals surface area contributed by atoms with Gasteiger partial charge in [0.2, 0.25) is 0 Å². The molecular weight excluding hydrogens is 192 g/mol. The highest BCUT2D eigenvalue weighted by molar-refractivity contribution is 4.79. The lowest BCUT2D eigenvalue weighted by atomic mass is 10.1. The van der Waals surface area contributed by atoms with E-state index in [0.29, 0.717) is 12.1 Å². The van der Waals surface area contributed by atoms with Gasteiger partial charge in [-0.25, -0.2) is 0 Å². The Bertz CT molecular complexity index is 181. The van der Waals surface area contributed by atoms with Crippen molar-refractivity contribution in [3.63, 3.8) is 0 Å². The van der Waals surface area contributed by atoms with E-state index in [1.54, 1.807) is 0 Å². The molecule has 2 heterocycles. The van der Waals surface area contributed by atoms with Crippen molar-refractivity contribution in [3.05, 3.63) is 0 Å². The molecule has 2 aliphatic rings. The predicted octanol–water partition coefficient (Wildman–Crippen LogP) is 0.215. The van der Waals surface area contributed by atoms with Crippen LogP contribution in [0, 0.1) is 0 Å². The Balaban J connectivity index is 1.80. The number of nitrogens with two attached hydrogens (primary N) is 1. The zero-order valence-corrected chi connectivity index (χ0v) is 9.36. The van der Waals surface area contributed by atoms with Crippen LogP contribution >= 0.6 is 0 Å². The van der Waals surface area contributed by atoms with Gasteiger partial charge in [-0.05, 0) is 25.8 Å². The van der Waals surface area contributed by atoms with Crippen LogP contribution in [-0.2, 0) is 9.47 Å². The van der Waals surface area contributed by atoms with E-state index in [2.05, 4.69) is 4.90 Å². The molecule has 0 spiro atoms. The fourth-order valence-corrected chi connectivity index (χ4v) is 2.44. The predicted molar refractivity (Wildman–Crippen MR) is 58.8 cm³/mol. The Morgan fingerprint density at radius 2 is 2.27 bits per heavy atom. The summed E-state index contributed by atoms with van der Waals surface area (Å²) in [5, 5.41) is 0. The Labute approximate surface area is 91.7 Å². The summed E-state index contributed by atoms with van der Waals surface area (Å²) >= 11 is 0. The Hall–Kier alpha value is -0.160. The third kappa shape index (κ3) is 3.14. The number of hydrogen-bond acceptors (Lipinski definition) is 4. The van der Waals surface area contributed by atoms with Gasteiger partial charge in [-0.15, -0.1) is 0 Å². The van der Waals surface area contributed by atoms with E-state index < -0.39 is 0 Å². The number of ether oxygens (including phenoxy) is 2. The summed E-state index contributed by atoms with van der Waals surface area (Å²) in [5.74, 6) is 0. The molecule has 0 saturated carbocycles. The molecule has 0 bridgehead atoms. The molecule has 2 unspecified atom stereocenters. The highest BCUT2D eigenvalue weighted by atomic mass is 16.5. The van der Waals surface area contributed by atoms with Crippen LogP contribution in [0.4, 0.5) is 0 Å². The topological polar surface area (TPSA) is 47.7 Å². The van der Waals surface area contributed by atoms with Crippen LogP contribution in [-0.4, -0.2) is 56.5 Å². The summed E-state index contributed by atoms with van der Waals surface area (Å²) in [6.45, 7) is 5.48. The van der Waals surface area contributed by atoms with Crippen LogP contribution in [0.25, 0.3) is 0 Å². The van der Waals surface area contributed by atoms with Gasteiger partial charge in [0.25, 0.3) is 0 Å². The molecule has 0 aromatic carbocycles. The molecule has 15 heavy (non-hydrogen) atoms. The number of morpholine rings is 1. The van der Waals surface area contributed by atoms with Crippen LogP contribution in [0.15, 0.2) is 0 Å². The largest absolute Gasteiger partial charge is 0.378 e. The van der Waals surface area contributed by atoms with E-state index in [-0.39, 0.29) is 0 Å². The standard InChI is InChI=1S/C11H22N2O2/c12-4-3-10-9-14-7-5-13(10)8-11-2-1-6-15-11/h10-11H,1-9,12H2. The lowest BCUT2D eigenvalue weighted by Gasteiger charge is -2.36. The molecule has 0 amide bonds. The van der Waals surface area contributed by atoms with Crippen LogP contribution < -0.4 is 5.73 Å². The molecule has 2 aliphatic heterocycles. The molecule has 88 valence electrons. The third-order valence-electron chi connectivity index (χ3n) is 3.31. The van der Waals surface area contributed by atoms with E-state index in [4.69, 9.17) is 15.2 Å². The van der Waals surface area contributed by atoms with Crippen LogP contribution in [0.2, 0.25) is 0 Å². The van der Waals surface area contributed by atoms with Crippen molar-refractivity contribution >= 4 is 0 Å². The Morgan fingerprint density at radius 3 is 3.00 bits per heavy atom. The van der Waals surface area contributed by atoms with Gasteiger partial charge in [0.15, 0.2) is 0 Å². The molecule has 2 saturated heterocycles. The van der Waals surface area contributed by atoms with Crippen molar-refractivity contribution in [1.29, 1.82) is 0 Å². The van der Waals surface area contributed by atoms with E-state index in [1.165, 1.54) is 12.8 Å². The van der Waals surface area contributed by atoms with E-state index >= 15 is 0 Å². The van der Waals surface area contributed by atoms with Crippen molar-refractivity contribution in [2.45, 2.75) is 31.4 Å². The maximum Gasteiger partial charge on any atom is 0.0702 e. The minimum atomic E-state index is 0.448. The lowest BCUT2D eigenvalue weighted by Crippen LogP contribution is -2.49. The Kier molecular flexibility index (Phi) is 4.38. The Morgan fingerprint density at radius 1 is 1.33 bits per heavy atom. The summed E-state index contributed by atoms with van der Waals surface area (Å²) in [5.41, 5.74) is 5.62. The number of hydrogen-bond donors (Lipinski definition) is 1. The van der Waals surface area contributed by atoms with E-state index in [1.807, 2.05) is 0 Å². The number of rotatable bonds is 4. The van der Waals surface area contributed by atoms with Crippen molar-refractivity contribution in [2.75, 3.05) is 39.5 Å². The average molecular weight is 214 g/mol. The molecule has 2 N–H and O–H groups in total. The van der Waals surface area contributed by atoms with Gasteiger partial charge < -0.3 is 15.2 Å². The minimum absolute atomic E-state index is 0.448. The molecule has 2 atom stereocenters. The first-order valence-corrected chi connectivity index (χ1v) is 6.03. The summed E-state index contributed by atoms with van der Waals surface area (Å²) in [6.07, 6.45) is 3.92. The van der Waals surface area contributed by atoms with Gasteiger partial charge in [-0.3, -0.25) is 4.90 Å². The second-order valence-corrected chi connectivity index (χ2v) is 4.44. The number of nitrogens with zero attached hydrogens (tertiary/aromatic N) is 1. The average Bonchev–Trinajstić information content (AvgIpc) is 2.74. The smallest absolute Gasteiger partial charge is 0.0702 e. The fraction of sp³-hybridized carbons (Fsp3) is 1.00. The molecule has 0 aromatic heterocycles. The molecular formula is C11H22N2O2. The fourth-order valence-electron chi connectivity index (χ4n) is 2.44. The molecule has 4 heteroatoms. The molecule has 0 aliphatic carbocycles. The second kappa shape index (κ2) is 5.80. The van der Waals surface area contributed by atoms with Crippen molar-refractivity contribution < 1.29 is 9.47 Å². The van der Waals surface area contributed by atoms with E-state index in [9.17, 15) is 0 Å².